The van der Waals surface area contributed by atoms with E-state index in [1.54, 1.807) is 7.11 Å². The van der Waals surface area contributed by atoms with Crippen molar-refractivity contribution in [3.05, 3.63) is 54.1 Å². The van der Waals surface area contributed by atoms with Gasteiger partial charge in [-0.15, -0.1) is 0 Å². The molecule has 0 aliphatic heterocycles. The van der Waals surface area contributed by atoms with Gasteiger partial charge in [0.1, 0.15) is 5.75 Å². The summed E-state index contributed by atoms with van der Waals surface area (Å²) in [5.41, 5.74) is 3.16. The fraction of sp³-hybridized carbons (Fsp3) is 0.143. The fourth-order valence-corrected chi connectivity index (χ4v) is 1.61. The van der Waals surface area contributed by atoms with E-state index in [2.05, 4.69) is 0 Å². The van der Waals surface area contributed by atoms with E-state index in [4.69, 9.17) is 9.84 Å². The van der Waals surface area contributed by atoms with Gasteiger partial charge in [0.2, 0.25) is 0 Å². The first-order valence-electron chi connectivity index (χ1n) is 5.17. The van der Waals surface area contributed by atoms with Crippen LogP contribution in [0.3, 0.4) is 0 Å². The highest BCUT2D eigenvalue weighted by Gasteiger charge is 1.99. The molecule has 0 heterocycles. The zero-order valence-corrected chi connectivity index (χ0v) is 9.18. The van der Waals surface area contributed by atoms with Crippen molar-refractivity contribution in [3.8, 4) is 16.9 Å². The zero-order valence-electron chi connectivity index (χ0n) is 9.18. The number of ether oxygens (including phenoxy) is 1. The lowest BCUT2D eigenvalue weighted by Gasteiger charge is -2.05. The Bertz CT molecular complexity index is 460. The van der Waals surface area contributed by atoms with Crippen LogP contribution in [0.25, 0.3) is 11.1 Å². The normalized spacial score (nSPS) is 10.1. The van der Waals surface area contributed by atoms with Gasteiger partial charge in [-0.2, -0.15) is 0 Å². The summed E-state index contributed by atoms with van der Waals surface area (Å²) < 4.78 is 5.18. The maximum Gasteiger partial charge on any atom is 0.119 e. The molecule has 0 fully saturated rings. The minimum atomic E-state index is 0.0817. The maximum absolute atomic E-state index is 8.96. The molecule has 0 aliphatic rings. The molecule has 0 radical (unpaired) electrons. The van der Waals surface area contributed by atoms with E-state index in [9.17, 15) is 0 Å². The van der Waals surface area contributed by atoms with Crippen LogP contribution >= 0.6 is 0 Å². The monoisotopic (exact) mass is 214 g/mol. The third-order valence-electron chi connectivity index (χ3n) is 2.54. The molecule has 1 N–H and O–H groups in total. The summed E-state index contributed by atoms with van der Waals surface area (Å²) in [4.78, 5) is 0. The number of aliphatic hydroxyl groups excluding tert-OH is 1. The van der Waals surface area contributed by atoms with Gasteiger partial charge in [0, 0.05) is 0 Å². The Balaban J connectivity index is 2.34. The lowest BCUT2D eigenvalue weighted by Crippen LogP contribution is -1.85. The summed E-state index contributed by atoms with van der Waals surface area (Å²) in [5.74, 6) is 0.851. The molecule has 0 unspecified atom stereocenters. The molecule has 2 heteroatoms. The van der Waals surface area contributed by atoms with E-state index >= 15 is 0 Å². The van der Waals surface area contributed by atoms with Crippen LogP contribution in [0.1, 0.15) is 5.56 Å². The molecule has 0 saturated carbocycles. The van der Waals surface area contributed by atoms with Crippen LogP contribution in [-0.4, -0.2) is 12.2 Å². The molecular weight excluding hydrogens is 200 g/mol. The molecule has 2 rings (SSSR count). The second kappa shape index (κ2) is 4.81. The van der Waals surface area contributed by atoms with Crippen molar-refractivity contribution < 1.29 is 9.84 Å². The van der Waals surface area contributed by atoms with Crippen LogP contribution < -0.4 is 4.74 Å². The van der Waals surface area contributed by atoms with Crippen LogP contribution in [-0.2, 0) is 6.61 Å². The first kappa shape index (κ1) is 10.7. The summed E-state index contributed by atoms with van der Waals surface area (Å²) in [6, 6.07) is 15.8. The summed E-state index contributed by atoms with van der Waals surface area (Å²) >= 11 is 0. The van der Waals surface area contributed by atoms with E-state index in [0.29, 0.717) is 0 Å². The summed E-state index contributed by atoms with van der Waals surface area (Å²) in [6.07, 6.45) is 0. The van der Waals surface area contributed by atoms with Gasteiger partial charge >= 0.3 is 0 Å². The maximum atomic E-state index is 8.96. The largest absolute Gasteiger partial charge is 0.497 e. The topological polar surface area (TPSA) is 29.5 Å². The second-order valence-corrected chi connectivity index (χ2v) is 3.59. The van der Waals surface area contributed by atoms with Gasteiger partial charge < -0.3 is 9.84 Å². The van der Waals surface area contributed by atoms with E-state index in [0.717, 1.165) is 22.4 Å². The highest BCUT2D eigenvalue weighted by molar-refractivity contribution is 5.65. The summed E-state index contributed by atoms with van der Waals surface area (Å²) in [7, 11) is 1.66. The molecular formula is C14H14O2. The molecule has 82 valence electrons. The average Bonchev–Trinajstić information content (AvgIpc) is 2.39. The molecule has 0 amide bonds. The van der Waals surface area contributed by atoms with E-state index in [1.165, 1.54) is 0 Å². The summed E-state index contributed by atoms with van der Waals surface area (Å²) in [6.45, 7) is 0.0817. The highest BCUT2D eigenvalue weighted by Crippen LogP contribution is 2.23. The molecule has 16 heavy (non-hydrogen) atoms. The molecule has 0 saturated heterocycles. The highest BCUT2D eigenvalue weighted by atomic mass is 16.5. The van der Waals surface area contributed by atoms with Gasteiger partial charge in [-0.05, 0) is 28.8 Å². The van der Waals surface area contributed by atoms with Crippen molar-refractivity contribution in [2.45, 2.75) is 6.61 Å². The SMILES string of the molecule is COc1cccc(-c2ccc(CO)cc2)c1. The van der Waals surface area contributed by atoms with Crippen LogP contribution in [0.2, 0.25) is 0 Å². The fourth-order valence-electron chi connectivity index (χ4n) is 1.61. The number of aliphatic hydroxyl groups is 1. The standard InChI is InChI=1S/C14H14O2/c1-16-14-4-2-3-13(9-14)12-7-5-11(10-15)6-8-12/h2-9,15H,10H2,1H3. The summed E-state index contributed by atoms with van der Waals surface area (Å²) in [5, 5.41) is 8.96. The van der Waals surface area contributed by atoms with Gasteiger partial charge in [0.25, 0.3) is 0 Å². The number of hydrogen-bond donors (Lipinski definition) is 1. The van der Waals surface area contributed by atoms with Crippen LogP contribution in [0.4, 0.5) is 0 Å². The molecule has 0 bridgehead atoms. The lowest BCUT2D eigenvalue weighted by atomic mass is 10.0. The number of benzene rings is 2. The Morgan fingerprint density at radius 2 is 1.75 bits per heavy atom. The quantitative estimate of drug-likeness (QED) is 0.851. The van der Waals surface area contributed by atoms with Crippen LogP contribution in [0, 0.1) is 0 Å². The van der Waals surface area contributed by atoms with Crippen LogP contribution in [0.5, 0.6) is 5.75 Å². The number of methoxy groups -OCH3 is 1. The number of rotatable bonds is 3. The molecule has 2 aromatic carbocycles. The molecule has 0 spiro atoms. The van der Waals surface area contributed by atoms with E-state index in [1.807, 2.05) is 48.5 Å². The first-order valence-corrected chi connectivity index (χ1v) is 5.17. The average molecular weight is 214 g/mol. The third kappa shape index (κ3) is 2.23. The van der Waals surface area contributed by atoms with Crippen LogP contribution in [0.15, 0.2) is 48.5 Å². The molecule has 2 nitrogen and oxygen atoms in total. The minimum absolute atomic E-state index is 0.0817. The number of hydrogen-bond acceptors (Lipinski definition) is 2. The van der Waals surface area contributed by atoms with Crippen molar-refractivity contribution in [3.63, 3.8) is 0 Å². The predicted molar refractivity (Wildman–Crippen MR) is 64.4 cm³/mol. The lowest BCUT2D eigenvalue weighted by molar-refractivity contribution is 0.282. The third-order valence-corrected chi connectivity index (χ3v) is 2.54. The van der Waals surface area contributed by atoms with Gasteiger partial charge in [0.05, 0.1) is 13.7 Å². The Morgan fingerprint density at radius 1 is 1.00 bits per heavy atom. The van der Waals surface area contributed by atoms with E-state index < -0.39 is 0 Å². The van der Waals surface area contributed by atoms with Crippen molar-refractivity contribution in [1.82, 2.24) is 0 Å². The van der Waals surface area contributed by atoms with Crippen molar-refractivity contribution in [2.24, 2.45) is 0 Å². The van der Waals surface area contributed by atoms with Gasteiger partial charge in [0.15, 0.2) is 0 Å². The second-order valence-electron chi connectivity index (χ2n) is 3.59. The van der Waals surface area contributed by atoms with Crippen molar-refractivity contribution >= 4 is 0 Å². The van der Waals surface area contributed by atoms with Gasteiger partial charge in [-0.1, -0.05) is 36.4 Å². The minimum Gasteiger partial charge on any atom is -0.497 e. The smallest absolute Gasteiger partial charge is 0.119 e. The molecule has 0 aliphatic carbocycles. The predicted octanol–water partition coefficient (Wildman–Crippen LogP) is 2.85. The Kier molecular flexibility index (Phi) is 3.22. The van der Waals surface area contributed by atoms with Gasteiger partial charge in [-0.25, -0.2) is 0 Å². The van der Waals surface area contributed by atoms with E-state index in [-0.39, 0.29) is 6.61 Å². The molecule has 2 aromatic rings. The Hall–Kier alpha value is -1.80. The Labute approximate surface area is 95.1 Å². The van der Waals surface area contributed by atoms with Crippen molar-refractivity contribution in [1.29, 1.82) is 0 Å². The van der Waals surface area contributed by atoms with Crippen molar-refractivity contribution in [2.75, 3.05) is 7.11 Å². The molecule has 0 atom stereocenters. The Morgan fingerprint density at radius 3 is 2.38 bits per heavy atom. The van der Waals surface area contributed by atoms with Gasteiger partial charge in [-0.3, -0.25) is 0 Å². The first-order chi connectivity index (χ1) is 7.83. The zero-order chi connectivity index (χ0) is 11.4. The molecule has 0 aromatic heterocycles.